The van der Waals surface area contributed by atoms with Crippen molar-refractivity contribution in [3.8, 4) is 11.3 Å². The second-order valence-corrected chi connectivity index (χ2v) is 9.19. The molecule has 1 fully saturated rings. The van der Waals surface area contributed by atoms with Crippen LogP contribution in [-0.4, -0.2) is 47.8 Å². The van der Waals surface area contributed by atoms with Gasteiger partial charge in [0.2, 0.25) is 5.91 Å². The van der Waals surface area contributed by atoms with Gasteiger partial charge in [-0.05, 0) is 60.5 Å². The van der Waals surface area contributed by atoms with Gasteiger partial charge in [-0.25, -0.2) is 4.79 Å². The van der Waals surface area contributed by atoms with Crippen LogP contribution in [0.25, 0.3) is 17.4 Å². The van der Waals surface area contributed by atoms with Crippen molar-refractivity contribution in [2.75, 3.05) is 25.2 Å². The number of imide groups is 1. The van der Waals surface area contributed by atoms with Gasteiger partial charge >= 0.3 is 5.97 Å². The molecule has 35 heavy (non-hydrogen) atoms. The van der Waals surface area contributed by atoms with Gasteiger partial charge < -0.3 is 14.5 Å². The Balaban J connectivity index is 1.43. The molecule has 1 aliphatic rings. The van der Waals surface area contributed by atoms with E-state index in [2.05, 4.69) is 10.1 Å². The Hall–Kier alpha value is -3.76. The molecule has 3 amide bonds. The fourth-order valence-corrected chi connectivity index (χ4v) is 4.56. The largest absolute Gasteiger partial charge is 0.465 e. The van der Waals surface area contributed by atoms with Crippen molar-refractivity contribution in [2.24, 2.45) is 0 Å². The van der Waals surface area contributed by atoms with Crippen LogP contribution in [0.2, 0.25) is 0 Å². The van der Waals surface area contributed by atoms with E-state index in [-0.39, 0.29) is 11.4 Å². The second kappa shape index (κ2) is 10.7. The fourth-order valence-electron chi connectivity index (χ4n) is 3.28. The summed E-state index contributed by atoms with van der Waals surface area (Å²) in [4.78, 5) is 51.2. The van der Waals surface area contributed by atoms with Crippen molar-refractivity contribution in [2.45, 2.75) is 4.90 Å². The number of thioether (sulfide) groups is 2. The summed E-state index contributed by atoms with van der Waals surface area (Å²) in [7, 11) is 1.31. The summed E-state index contributed by atoms with van der Waals surface area (Å²) in [6, 6.07) is 17.4. The van der Waals surface area contributed by atoms with Gasteiger partial charge in [-0.15, -0.1) is 11.8 Å². The van der Waals surface area contributed by atoms with Crippen LogP contribution in [0.5, 0.6) is 0 Å². The lowest BCUT2D eigenvalue weighted by molar-refractivity contribution is -0.127. The minimum Gasteiger partial charge on any atom is -0.465 e. The number of nitrogens with zero attached hydrogens (tertiary/aromatic N) is 1. The number of methoxy groups -OCH3 is 1. The maximum Gasteiger partial charge on any atom is 0.337 e. The highest BCUT2D eigenvalue weighted by Gasteiger charge is 2.36. The molecule has 2 aromatic carbocycles. The molecule has 3 aromatic rings. The number of carbonyl (C=O) groups is 4. The molecule has 0 radical (unpaired) electrons. The van der Waals surface area contributed by atoms with Gasteiger partial charge in [0, 0.05) is 22.2 Å². The van der Waals surface area contributed by atoms with Gasteiger partial charge in [0.05, 0.1) is 17.6 Å². The molecule has 0 saturated carbocycles. The van der Waals surface area contributed by atoms with Gasteiger partial charge in [-0.2, -0.15) is 0 Å². The predicted molar refractivity (Wildman–Crippen MR) is 135 cm³/mol. The zero-order chi connectivity index (χ0) is 24.9. The van der Waals surface area contributed by atoms with Crippen LogP contribution in [0, 0.1) is 0 Å². The summed E-state index contributed by atoms with van der Waals surface area (Å²) >= 11 is 2.29. The molecule has 178 valence electrons. The van der Waals surface area contributed by atoms with E-state index in [9.17, 15) is 19.2 Å². The molecule has 4 rings (SSSR count). The number of amides is 3. The van der Waals surface area contributed by atoms with E-state index < -0.39 is 23.0 Å². The number of esters is 1. The standard InChI is InChI=1S/C25H20N2O6S2/c1-32-24(30)16-8-6-15(7-9-16)20-11-10-18(33-20)13-21-23(29)27(25(31)35-21)14-22(28)26-17-4-3-5-19(12-17)34-2/h3-13H,14H2,1-2H3,(H,26,28)/b21-13+. The normalized spacial score (nSPS) is 14.5. The molecule has 0 atom stereocenters. The molecule has 1 aliphatic heterocycles. The van der Waals surface area contributed by atoms with Crippen molar-refractivity contribution in [1.82, 2.24) is 4.90 Å². The molecular weight excluding hydrogens is 488 g/mol. The monoisotopic (exact) mass is 508 g/mol. The van der Waals surface area contributed by atoms with Crippen LogP contribution in [0.15, 0.2) is 74.9 Å². The summed E-state index contributed by atoms with van der Waals surface area (Å²) < 4.78 is 10.5. The number of furan rings is 1. The molecule has 2 heterocycles. The first kappa shape index (κ1) is 24.4. The smallest absolute Gasteiger partial charge is 0.337 e. The predicted octanol–water partition coefficient (Wildman–Crippen LogP) is 5.13. The second-order valence-electron chi connectivity index (χ2n) is 7.32. The molecule has 8 nitrogen and oxygen atoms in total. The third-order valence-corrected chi connectivity index (χ3v) is 6.65. The summed E-state index contributed by atoms with van der Waals surface area (Å²) in [5.41, 5.74) is 1.73. The highest BCUT2D eigenvalue weighted by molar-refractivity contribution is 8.18. The molecule has 1 N–H and O–H groups in total. The Bertz CT molecular complexity index is 1330. The third kappa shape index (κ3) is 5.67. The zero-order valence-corrected chi connectivity index (χ0v) is 20.4. The topological polar surface area (TPSA) is 106 Å². The van der Waals surface area contributed by atoms with E-state index in [1.165, 1.54) is 24.9 Å². The molecule has 1 aromatic heterocycles. The number of anilines is 1. The number of hydrogen-bond donors (Lipinski definition) is 1. The highest BCUT2D eigenvalue weighted by Crippen LogP contribution is 2.33. The summed E-state index contributed by atoms with van der Waals surface area (Å²) in [6.45, 7) is -0.387. The minimum atomic E-state index is -0.562. The molecular formula is C25H20N2O6S2. The van der Waals surface area contributed by atoms with E-state index in [4.69, 9.17) is 4.42 Å². The lowest BCUT2D eigenvalue weighted by Gasteiger charge is -2.12. The average Bonchev–Trinajstić information content (AvgIpc) is 3.44. The number of carbonyl (C=O) groups excluding carboxylic acids is 4. The molecule has 0 unspecified atom stereocenters. The van der Waals surface area contributed by atoms with Gasteiger partial charge in [-0.3, -0.25) is 19.3 Å². The van der Waals surface area contributed by atoms with Crippen LogP contribution in [0.3, 0.4) is 0 Å². The minimum absolute atomic E-state index is 0.161. The highest BCUT2D eigenvalue weighted by atomic mass is 32.2. The Morgan fingerprint density at radius 3 is 2.60 bits per heavy atom. The van der Waals surface area contributed by atoms with E-state index in [1.54, 1.807) is 42.5 Å². The molecule has 1 saturated heterocycles. The van der Waals surface area contributed by atoms with Gasteiger partial charge in [-0.1, -0.05) is 18.2 Å². The zero-order valence-electron chi connectivity index (χ0n) is 18.8. The van der Waals surface area contributed by atoms with Gasteiger partial charge in [0.25, 0.3) is 11.1 Å². The molecule has 0 bridgehead atoms. The van der Waals surface area contributed by atoms with Crippen LogP contribution in [0.4, 0.5) is 10.5 Å². The third-order valence-electron chi connectivity index (χ3n) is 5.02. The van der Waals surface area contributed by atoms with E-state index in [0.29, 0.717) is 22.8 Å². The number of ether oxygens (including phenoxy) is 1. The van der Waals surface area contributed by atoms with E-state index >= 15 is 0 Å². The fraction of sp³-hybridized carbons (Fsp3) is 0.120. The van der Waals surface area contributed by atoms with Crippen molar-refractivity contribution in [3.05, 3.63) is 76.9 Å². The van der Waals surface area contributed by atoms with Gasteiger partial charge in [0.1, 0.15) is 18.1 Å². The van der Waals surface area contributed by atoms with Crippen LogP contribution >= 0.6 is 23.5 Å². The molecule has 10 heteroatoms. The number of hydrogen-bond acceptors (Lipinski definition) is 8. The maximum atomic E-state index is 12.8. The van der Waals surface area contributed by atoms with Crippen molar-refractivity contribution < 1.29 is 28.3 Å². The molecule has 0 aliphatic carbocycles. The molecule has 0 spiro atoms. The van der Waals surface area contributed by atoms with Crippen molar-refractivity contribution in [1.29, 1.82) is 0 Å². The number of benzene rings is 2. The van der Waals surface area contributed by atoms with E-state index in [0.717, 1.165) is 27.1 Å². The number of nitrogens with one attached hydrogen (secondary N) is 1. The van der Waals surface area contributed by atoms with E-state index in [1.807, 2.05) is 24.5 Å². The lowest BCUT2D eigenvalue weighted by atomic mass is 10.1. The van der Waals surface area contributed by atoms with Crippen molar-refractivity contribution in [3.63, 3.8) is 0 Å². The Morgan fingerprint density at radius 2 is 1.89 bits per heavy atom. The van der Waals surface area contributed by atoms with Crippen LogP contribution in [0.1, 0.15) is 16.1 Å². The quantitative estimate of drug-likeness (QED) is 0.266. The Labute approximate surface area is 209 Å². The lowest BCUT2D eigenvalue weighted by Crippen LogP contribution is -2.36. The van der Waals surface area contributed by atoms with Crippen molar-refractivity contribution >= 4 is 58.3 Å². The number of rotatable bonds is 7. The SMILES string of the molecule is COC(=O)c1ccc(-c2ccc(/C=C3/SC(=O)N(CC(=O)Nc4cccc(SC)c4)C3=O)o2)cc1. The summed E-state index contributed by atoms with van der Waals surface area (Å²) in [5.74, 6) is -0.565. The average molecular weight is 509 g/mol. The van der Waals surface area contributed by atoms with Crippen LogP contribution in [-0.2, 0) is 14.3 Å². The summed E-state index contributed by atoms with van der Waals surface area (Å²) in [6.07, 6.45) is 3.40. The maximum absolute atomic E-state index is 12.8. The first-order valence-corrected chi connectivity index (χ1v) is 12.4. The Kier molecular flexibility index (Phi) is 7.42. The summed E-state index contributed by atoms with van der Waals surface area (Å²) in [5, 5.41) is 2.18. The van der Waals surface area contributed by atoms with Crippen LogP contribution < -0.4 is 5.32 Å². The first-order chi connectivity index (χ1) is 16.9. The Morgan fingerprint density at radius 1 is 1.11 bits per heavy atom. The first-order valence-electron chi connectivity index (χ1n) is 10.4. The van der Waals surface area contributed by atoms with Gasteiger partial charge in [0.15, 0.2) is 0 Å².